The molecule has 0 aliphatic rings. The maximum Gasteiger partial charge on any atom is 0.105 e. The van der Waals surface area contributed by atoms with Gasteiger partial charge in [0, 0.05) is 11.1 Å². The standard InChI is InChI=1S/C44H78N2.2C7H6O2/c1-7-13-15-17-19-21-23-25-27-29-39-45(35-9-3,36-10-4)41-43-31-33-44(34-32-43)42-46(37-11-5,38-12-6)40-30-28-26-24-22-20-18-16-14-8-2;2*8-7(9)6-4-2-1-3-5-6/h9-12,31-34H,3-8,13-30,35-42H2,1-2H3;2*1-5H,(H,8,9)/q+2;;/p-2. The number of benzene rings is 3. The fourth-order valence-electron chi connectivity index (χ4n) is 8.57. The highest BCUT2D eigenvalue weighted by molar-refractivity contribution is 5.85. The van der Waals surface area contributed by atoms with Crippen LogP contribution in [0.1, 0.15) is 174 Å². The van der Waals surface area contributed by atoms with Crippen LogP contribution in [-0.4, -0.2) is 60.2 Å². The molecule has 3 aromatic carbocycles. The van der Waals surface area contributed by atoms with E-state index in [0.717, 1.165) is 48.2 Å². The Morgan fingerprint density at radius 1 is 0.406 bits per heavy atom. The summed E-state index contributed by atoms with van der Waals surface area (Å²) in [6.45, 7) is 29.7. The molecule has 0 atom stereocenters. The van der Waals surface area contributed by atoms with Crippen LogP contribution < -0.4 is 10.2 Å². The third-order valence-corrected chi connectivity index (χ3v) is 12.1. The van der Waals surface area contributed by atoms with E-state index in [0.29, 0.717) is 0 Å². The second-order valence-electron chi connectivity index (χ2n) is 17.8. The number of unbranched alkanes of at least 4 members (excludes halogenated alkanes) is 18. The first-order valence-corrected chi connectivity index (χ1v) is 24.9. The van der Waals surface area contributed by atoms with Crippen LogP contribution in [0.5, 0.6) is 0 Å². The van der Waals surface area contributed by atoms with E-state index in [1.165, 1.54) is 177 Å². The number of carbonyl (C=O) groups is 2. The number of quaternary nitrogens is 2. The van der Waals surface area contributed by atoms with Gasteiger partial charge in [0.25, 0.3) is 0 Å². The largest absolute Gasteiger partial charge is 0.545 e. The first-order valence-electron chi connectivity index (χ1n) is 24.9. The third kappa shape index (κ3) is 27.6. The van der Waals surface area contributed by atoms with Crippen LogP contribution in [0.25, 0.3) is 0 Å². The lowest BCUT2D eigenvalue weighted by atomic mass is 10.0. The number of hydrogen-bond donors (Lipinski definition) is 0. The zero-order valence-corrected chi connectivity index (χ0v) is 40.5. The lowest BCUT2D eigenvalue weighted by Gasteiger charge is -2.38. The van der Waals surface area contributed by atoms with Crippen LogP contribution in [0.4, 0.5) is 0 Å². The Kier molecular flexibility index (Phi) is 34.0. The Balaban J connectivity index is 0.000000923. The van der Waals surface area contributed by atoms with Crippen LogP contribution in [0.2, 0.25) is 0 Å². The molecule has 64 heavy (non-hydrogen) atoms. The zero-order valence-electron chi connectivity index (χ0n) is 40.5. The summed E-state index contributed by atoms with van der Waals surface area (Å²) in [6.07, 6.45) is 36.1. The van der Waals surface area contributed by atoms with Gasteiger partial charge in [-0.1, -0.05) is 228 Å². The maximum absolute atomic E-state index is 10.1. The monoisotopic (exact) mass is 877 g/mol. The van der Waals surface area contributed by atoms with Crippen LogP contribution >= 0.6 is 0 Å². The average molecular weight is 877 g/mol. The molecule has 0 aliphatic heterocycles. The maximum atomic E-state index is 10.1. The van der Waals surface area contributed by atoms with Crippen molar-refractivity contribution < 1.29 is 28.8 Å². The van der Waals surface area contributed by atoms with Crippen molar-refractivity contribution in [3.63, 3.8) is 0 Å². The van der Waals surface area contributed by atoms with Crippen LogP contribution in [-0.2, 0) is 13.1 Å². The first kappa shape index (κ1) is 57.5. The van der Waals surface area contributed by atoms with E-state index < -0.39 is 11.9 Å². The molecule has 0 heterocycles. The minimum absolute atomic E-state index is 0.220. The molecule has 354 valence electrons. The average Bonchev–Trinajstić information content (AvgIpc) is 3.30. The predicted molar refractivity (Wildman–Crippen MR) is 270 cm³/mol. The lowest BCUT2D eigenvalue weighted by molar-refractivity contribution is -0.930. The van der Waals surface area contributed by atoms with Gasteiger partial charge in [-0.3, -0.25) is 0 Å². The zero-order chi connectivity index (χ0) is 47.0. The molecule has 0 fully saturated rings. The molecule has 0 spiro atoms. The van der Waals surface area contributed by atoms with Crippen LogP contribution in [0, 0.1) is 0 Å². The van der Waals surface area contributed by atoms with Crippen molar-refractivity contribution in [3.8, 4) is 0 Å². The van der Waals surface area contributed by atoms with E-state index in [-0.39, 0.29) is 11.1 Å². The van der Waals surface area contributed by atoms with Gasteiger partial charge in [-0.25, -0.2) is 0 Å². The van der Waals surface area contributed by atoms with Crippen molar-refractivity contribution in [2.24, 2.45) is 0 Å². The fourth-order valence-corrected chi connectivity index (χ4v) is 8.57. The quantitative estimate of drug-likeness (QED) is 0.0331. The second kappa shape index (κ2) is 37.8. The summed E-state index contributed by atoms with van der Waals surface area (Å²) in [5, 5.41) is 20.2. The van der Waals surface area contributed by atoms with Gasteiger partial charge in [0.1, 0.15) is 13.1 Å². The molecule has 0 unspecified atom stereocenters. The molecule has 0 bridgehead atoms. The van der Waals surface area contributed by atoms with Crippen LogP contribution in [0.15, 0.2) is 136 Å². The van der Waals surface area contributed by atoms with Crippen molar-refractivity contribution >= 4 is 11.9 Å². The highest BCUT2D eigenvalue weighted by Crippen LogP contribution is 2.23. The molecule has 0 N–H and O–H groups in total. The van der Waals surface area contributed by atoms with Crippen molar-refractivity contribution in [1.82, 2.24) is 0 Å². The number of hydrogen-bond acceptors (Lipinski definition) is 4. The third-order valence-electron chi connectivity index (χ3n) is 12.1. The molecule has 0 saturated carbocycles. The summed E-state index contributed by atoms with van der Waals surface area (Å²) in [6, 6.07) is 25.7. The van der Waals surface area contributed by atoms with Crippen molar-refractivity contribution in [2.75, 3.05) is 39.3 Å². The Bertz CT molecular complexity index is 1490. The Hall–Kier alpha value is -4.52. The Labute approximate surface area is 391 Å². The van der Waals surface area contributed by atoms with E-state index in [4.69, 9.17) is 0 Å². The minimum Gasteiger partial charge on any atom is -0.545 e. The summed E-state index contributed by atoms with van der Waals surface area (Å²) in [5.74, 6) is -2.26. The number of rotatable bonds is 36. The van der Waals surface area contributed by atoms with E-state index in [1.54, 1.807) is 36.4 Å². The molecule has 3 aromatic rings. The smallest absolute Gasteiger partial charge is 0.105 e. The second-order valence-corrected chi connectivity index (χ2v) is 17.8. The highest BCUT2D eigenvalue weighted by atomic mass is 16.4. The molecule has 0 aromatic heterocycles. The van der Waals surface area contributed by atoms with Gasteiger partial charge >= 0.3 is 0 Å². The molecule has 0 amide bonds. The molecule has 0 saturated heterocycles. The summed E-state index contributed by atoms with van der Waals surface area (Å²) in [7, 11) is 0. The van der Waals surface area contributed by atoms with Gasteiger partial charge in [-0.05, 0) is 61.1 Å². The molecule has 3 rings (SSSR count). The van der Waals surface area contributed by atoms with Crippen molar-refractivity contribution in [2.45, 2.75) is 155 Å². The summed E-state index contributed by atoms with van der Waals surface area (Å²) in [5.41, 5.74) is 3.30. The van der Waals surface area contributed by atoms with Crippen LogP contribution in [0.3, 0.4) is 0 Å². The van der Waals surface area contributed by atoms with E-state index in [9.17, 15) is 19.8 Å². The topological polar surface area (TPSA) is 80.3 Å². The number of aromatic carboxylic acids is 2. The molecule has 0 radical (unpaired) electrons. The van der Waals surface area contributed by atoms with E-state index in [1.807, 2.05) is 0 Å². The SMILES string of the molecule is C=CC[N+](CC=C)(CCCCCCCCCCCC)Cc1ccc(C[N+](CC=C)(CC=C)CCCCCCCCCCCC)cc1.O=C([O-])c1ccccc1.O=C([O-])c1ccccc1. The predicted octanol–water partition coefficient (Wildman–Crippen LogP) is 13.0. The summed E-state index contributed by atoms with van der Waals surface area (Å²) >= 11 is 0. The first-order chi connectivity index (χ1) is 31.1. The van der Waals surface area contributed by atoms with E-state index in [2.05, 4.69) is 88.7 Å². The van der Waals surface area contributed by atoms with Crippen molar-refractivity contribution in [3.05, 3.63) is 158 Å². The van der Waals surface area contributed by atoms with Gasteiger partial charge in [0.05, 0.1) is 51.2 Å². The lowest BCUT2D eigenvalue weighted by Crippen LogP contribution is -2.48. The molecular weight excluding hydrogens is 789 g/mol. The van der Waals surface area contributed by atoms with Gasteiger partial charge in [0.15, 0.2) is 0 Å². The van der Waals surface area contributed by atoms with Gasteiger partial charge in [-0.15, -0.1) is 0 Å². The highest BCUT2D eigenvalue weighted by Gasteiger charge is 2.27. The van der Waals surface area contributed by atoms with Crippen molar-refractivity contribution in [1.29, 1.82) is 0 Å². The molecule has 6 heteroatoms. The fraction of sp³-hybridized carbons (Fsp3) is 0.517. The Morgan fingerprint density at radius 3 is 0.875 bits per heavy atom. The number of carboxylic acid groups (broad SMARTS) is 2. The minimum atomic E-state index is -1.13. The number of carbonyl (C=O) groups excluding carboxylic acids is 2. The number of carboxylic acids is 2. The molecular formula is C58H88N2O4. The van der Waals surface area contributed by atoms with E-state index >= 15 is 0 Å². The summed E-state index contributed by atoms with van der Waals surface area (Å²) < 4.78 is 2.07. The number of nitrogens with zero attached hydrogens (tertiary/aromatic N) is 2. The summed E-state index contributed by atoms with van der Waals surface area (Å²) in [4.78, 5) is 20.2. The van der Waals surface area contributed by atoms with Gasteiger partial charge < -0.3 is 28.8 Å². The van der Waals surface area contributed by atoms with Gasteiger partial charge in [-0.2, -0.15) is 0 Å². The molecule has 0 aliphatic carbocycles. The van der Waals surface area contributed by atoms with Gasteiger partial charge in [0.2, 0.25) is 0 Å². The molecule has 6 nitrogen and oxygen atoms in total. The Morgan fingerprint density at radius 2 is 0.656 bits per heavy atom. The normalized spacial score (nSPS) is 11.0.